The van der Waals surface area contributed by atoms with Gasteiger partial charge in [0.15, 0.2) is 0 Å². The van der Waals surface area contributed by atoms with Crippen molar-refractivity contribution in [2.75, 3.05) is 26.4 Å². The van der Waals surface area contributed by atoms with E-state index in [1.807, 2.05) is 0 Å². The summed E-state index contributed by atoms with van der Waals surface area (Å²) in [6.45, 7) is 3.42. The van der Waals surface area contributed by atoms with E-state index < -0.39 is 26.5 Å². The number of esters is 1. The van der Waals surface area contributed by atoms with Crippen LogP contribution in [0.1, 0.15) is 232 Å². The largest absolute Gasteiger partial charge is 0.472 e. The third kappa shape index (κ3) is 52.3. The highest BCUT2D eigenvalue weighted by Gasteiger charge is 2.23. The van der Waals surface area contributed by atoms with Crippen molar-refractivity contribution >= 4 is 19.7 Å². The van der Waals surface area contributed by atoms with E-state index in [9.17, 15) is 24.2 Å². The molecule has 2 atom stereocenters. The van der Waals surface area contributed by atoms with E-state index in [-0.39, 0.29) is 32.1 Å². The molecule has 9 nitrogen and oxygen atoms in total. The number of phosphoric ester groups is 1. The van der Waals surface area contributed by atoms with Gasteiger partial charge in [-0.2, -0.15) is 0 Å². The number of aliphatic hydroxyl groups excluding tert-OH is 1. The van der Waals surface area contributed by atoms with Crippen molar-refractivity contribution in [2.45, 2.75) is 238 Å². The van der Waals surface area contributed by atoms with Gasteiger partial charge in [0.2, 0.25) is 5.91 Å². The first-order valence-electron chi connectivity index (χ1n) is 26.4. The predicted octanol–water partition coefficient (Wildman–Crippen LogP) is 15.8. The number of aliphatic hydroxyl groups is 1. The van der Waals surface area contributed by atoms with Gasteiger partial charge in [0.1, 0.15) is 12.7 Å². The Labute approximate surface area is 399 Å². The summed E-state index contributed by atoms with van der Waals surface area (Å²) in [6, 6.07) is 0. The lowest BCUT2D eigenvalue weighted by Crippen LogP contribution is -2.27. The van der Waals surface area contributed by atoms with Crippen LogP contribution >= 0.6 is 7.82 Å². The fraction of sp³-hybridized carbons (Fsp3) is 0.745. The van der Waals surface area contributed by atoms with Crippen molar-refractivity contribution in [3.05, 3.63) is 72.9 Å². The smallest absolute Gasteiger partial charge is 0.463 e. The van der Waals surface area contributed by atoms with Crippen LogP contribution in [0.2, 0.25) is 0 Å². The molecule has 376 valence electrons. The Balaban J connectivity index is 3.60. The lowest BCUT2D eigenvalue weighted by atomic mass is 10.0. The Morgan fingerprint density at radius 3 is 1.31 bits per heavy atom. The molecule has 0 aromatic heterocycles. The SMILES string of the molecule is CC/C=C\C/C=C\C/C=C\C/C=C\C/C=C\C/C=C\CCCCC(=O)OCC(O)COP(=O)(O)OCCNC(=O)CCCCCCCCCCCCCCCCCCCCCCCCC. The summed E-state index contributed by atoms with van der Waals surface area (Å²) in [5.41, 5.74) is 0. The molecule has 0 spiro atoms. The van der Waals surface area contributed by atoms with Crippen LogP contribution < -0.4 is 5.32 Å². The number of nitrogens with one attached hydrogen (secondary N) is 1. The van der Waals surface area contributed by atoms with E-state index in [0.29, 0.717) is 12.8 Å². The van der Waals surface area contributed by atoms with E-state index >= 15 is 0 Å². The summed E-state index contributed by atoms with van der Waals surface area (Å²) in [7, 11) is -4.44. The Morgan fingerprint density at radius 2 is 0.877 bits per heavy atom. The van der Waals surface area contributed by atoms with E-state index in [2.05, 4.69) is 92.1 Å². The van der Waals surface area contributed by atoms with Crippen molar-refractivity contribution in [1.82, 2.24) is 5.32 Å². The summed E-state index contributed by atoms with van der Waals surface area (Å²) in [6.07, 6.45) is 64.2. The molecule has 10 heteroatoms. The second-order valence-electron chi connectivity index (χ2n) is 17.5. The van der Waals surface area contributed by atoms with Gasteiger partial charge in [0, 0.05) is 19.4 Å². The van der Waals surface area contributed by atoms with Gasteiger partial charge in [-0.3, -0.25) is 18.6 Å². The Hall–Kier alpha value is -2.55. The monoisotopic (exact) mass is 932 g/mol. The molecular weight excluding hydrogens is 834 g/mol. The zero-order valence-electron chi connectivity index (χ0n) is 41.7. The molecule has 0 saturated heterocycles. The average Bonchev–Trinajstić information content (AvgIpc) is 3.29. The van der Waals surface area contributed by atoms with Gasteiger partial charge in [-0.15, -0.1) is 0 Å². The highest BCUT2D eigenvalue weighted by atomic mass is 31.2. The normalized spacial score (nSPS) is 13.7. The molecule has 0 aromatic carbocycles. The minimum Gasteiger partial charge on any atom is -0.463 e. The predicted molar refractivity (Wildman–Crippen MR) is 275 cm³/mol. The summed E-state index contributed by atoms with van der Waals surface area (Å²) in [5, 5.41) is 12.8. The molecule has 0 aliphatic heterocycles. The molecule has 0 aromatic rings. The minimum absolute atomic E-state index is 0.0758. The molecule has 3 N–H and O–H groups in total. The fourth-order valence-corrected chi connectivity index (χ4v) is 7.97. The molecule has 0 fully saturated rings. The van der Waals surface area contributed by atoms with E-state index in [1.165, 1.54) is 128 Å². The second kappa shape index (κ2) is 50.9. The number of carbonyl (C=O) groups is 2. The lowest BCUT2D eigenvalue weighted by Gasteiger charge is -2.15. The van der Waals surface area contributed by atoms with Gasteiger partial charge in [-0.25, -0.2) is 4.57 Å². The zero-order valence-corrected chi connectivity index (χ0v) is 42.6. The summed E-state index contributed by atoms with van der Waals surface area (Å²) in [5.74, 6) is -0.557. The third-order valence-electron chi connectivity index (χ3n) is 11.2. The number of hydrogen-bond donors (Lipinski definition) is 3. The molecule has 0 saturated carbocycles. The van der Waals surface area contributed by atoms with Gasteiger partial charge < -0.3 is 20.1 Å². The summed E-state index contributed by atoms with van der Waals surface area (Å²) < 4.78 is 27.0. The van der Waals surface area contributed by atoms with Crippen LogP contribution in [0.3, 0.4) is 0 Å². The van der Waals surface area contributed by atoms with E-state index in [1.54, 1.807) is 0 Å². The van der Waals surface area contributed by atoms with Crippen LogP contribution in [0.25, 0.3) is 0 Å². The van der Waals surface area contributed by atoms with Gasteiger partial charge in [0.05, 0.1) is 13.2 Å². The number of hydrogen-bond acceptors (Lipinski definition) is 7. The van der Waals surface area contributed by atoms with Gasteiger partial charge >= 0.3 is 13.8 Å². The van der Waals surface area contributed by atoms with Crippen molar-refractivity contribution in [2.24, 2.45) is 0 Å². The maximum absolute atomic E-state index is 12.2. The van der Waals surface area contributed by atoms with Gasteiger partial charge in [0.25, 0.3) is 0 Å². The first kappa shape index (κ1) is 62.4. The molecular formula is C55H98NO8P. The lowest BCUT2D eigenvalue weighted by molar-refractivity contribution is -0.147. The number of ether oxygens (including phenoxy) is 1. The molecule has 0 aliphatic carbocycles. The molecule has 0 aliphatic rings. The van der Waals surface area contributed by atoms with Crippen molar-refractivity contribution < 1.29 is 37.9 Å². The average molecular weight is 932 g/mol. The quantitative estimate of drug-likeness (QED) is 0.0238. The Kier molecular flexibility index (Phi) is 48.9. The summed E-state index contributed by atoms with van der Waals surface area (Å²) >= 11 is 0. The Morgan fingerprint density at radius 1 is 0.492 bits per heavy atom. The standard InChI is InChI=1S/C55H98NO8P/c1-3-5-7-9-11-13-15-17-19-21-23-25-26-28-29-31-33-35-37-39-41-43-45-47-54(58)56-49-50-63-65(60,61)64-52-53(57)51-62-55(59)48-46-44-42-40-38-36-34-32-30-27-24-22-20-18-16-14-12-10-8-6-4-2/h6,8,12,14,18,20,24,27,32,34,38,40,53,57H,3-5,7,9-11,13,15-17,19,21-23,25-26,28-31,33,35-37,39,41-52H2,1-2H3,(H,56,58)(H,60,61)/b8-6-,14-12-,20-18-,27-24-,34-32-,40-38-. The van der Waals surface area contributed by atoms with E-state index in [0.717, 1.165) is 70.6 Å². The zero-order chi connectivity index (χ0) is 47.4. The molecule has 0 rings (SSSR count). The second-order valence-corrected chi connectivity index (χ2v) is 18.9. The van der Waals surface area contributed by atoms with Crippen molar-refractivity contribution in [3.8, 4) is 0 Å². The van der Waals surface area contributed by atoms with Gasteiger partial charge in [-0.05, 0) is 64.2 Å². The number of unbranched alkanes of at least 4 members (excludes halogenated alkanes) is 24. The van der Waals surface area contributed by atoms with Crippen LogP contribution in [-0.4, -0.2) is 54.3 Å². The van der Waals surface area contributed by atoms with Crippen molar-refractivity contribution in [1.29, 1.82) is 0 Å². The van der Waals surface area contributed by atoms with Crippen LogP contribution in [0, 0.1) is 0 Å². The van der Waals surface area contributed by atoms with Crippen LogP contribution in [0.4, 0.5) is 0 Å². The van der Waals surface area contributed by atoms with E-state index in [4.69, 9.17) is 13.8 Å². The number of rotatable bonds is 49. The number of phosphoric acid groups is 1. The topological polar surface area (TPSA) is 131 Å². The fourth-order valence-electron chi connectivity index (χ4n) is 7.21. The number of amides is 1. The van der Waals surface area contributed by atoms with Crippen LogP contribution in [-0.2, 0) is 27.9 Å². The molecule has 1 amide bonds. The number of allylic oxidation sites excluding steroid dienone is 12. The number of carbonyl (C=O) groups excluding carboxylic acids is 2. The molecule has 0 bridgehead atoms. The highest BCUT2D eigenvalue weighted by Crippen LogP contribution is 2.42. The molecule has 65 heavy (non-hydrogen) atoms. The Bertz CT molecular complexity index is 1290. The maximum Gasteiger partial charge on any atom is 0.472 e. The summed E-state index contributed by atoms with van der Waals surface area (Å²) in [4.78, 5) is 34.1. The molecule has 2 unspecified atom stereocenters. The maximum atomic E-state index is 12.2. The molecule has 0 heterocycles. The molecule has 0 radical (unpaired) electrons. The van der Waals surface area contributed by atoms with Crippen LogP contribution in [0.15, 0.2) is 72.9 Å². The first-order chi connectivity index (χ1) is 31.8. The third-order valence-corrected chi connectivity index (χ3v) is 12.1. The first-order valence-corrected chi connectivity index (χ1v) is 27.9. The van der Waals surface area contributed by atoms with Crippen molar-refractivity contribution in [3.63, 3.8) is 0 Å². The minimum atomic E-state index is -4.44. The highest BCUT2D eigenvalue weighted by molar-refractivity contribution is 7.47. The van der Waals surface area contributed by atoms with Crippen LogP contribution in [0.5, 0.6) is 0 Å². The van der Waals surface area contributed by atoms with Gasteiger partial charge in [-0.1, -0.05) is 228 Å².